The maximum Gasteiger partial charge on any atom is 0.0733 e. The Kier molecular flexibility index (Phi) is 2.95. The molecular formula is C12H22N2O. The number of hydrogen-bond donors (Lipinski definition) is 1. The zero-order chi connectivity index (χ0) is 10.1. The zero-order valence-electron chi connectivity index (χ0n) is 9.45. The second-order valence-corrected chi connectivity index (χ2v) is 5.22. The highest BCUT2D eigenvalue weighted by atomic mass is 16.5. The van der Waals surface area contributed by atoms with Crippen LogP contribution < -0.4 is 5.32 Å². The van der Waals surface area contributed by atoms with Crippen LogP contribution in [0.15, 0.2) is 0 Å². The first kappa shape index (κ1) is 10.1. The molecule has 2 bridgehead atoms. The number of hydrogen-bond acceptors (Lipinski definition) is 3. The number of ether oxygens (including phenoxy) is 1. The number of fused-ring (bicyclic) bond motifs is 2. The summed E-state index contributed by atoms with van der Waals surface area (Å²) in [6.07, 6.45) is 7.76. The van der Waals surface area contributed by atoms with Gasteiger partial charge in [0.25, 0.3) is 0 Å². The molecule has 86 valence electrons. The molecule has 3 atom stereocenters. The third kappa shape index (κ3) is 2.19. The van der Waals surface area contributed by atoms with Gasteiger partial charge in [-0.05, 0) is 45.2 Å². The molecule has 0 aromatic carbocycles. The number of nitrogens with zero attached hydrogens (tertiary/aromatic N) is 1. The molecule has 3 unspecified atom stereocenters. The van der Waals surface area contributed by atoms with Crippen molar-refractivity contribution in [2.45, 2.75) is 50.4 Å². The average Bonchev–Trinajstić information content (AvgIpc) is 2.93. The van der Waals surface area contributed by atoms with E-state index in [9.17, 15) is 0 Å². The summed E-state index contributed by atoms with van der Waals surface area (Å²) in [5, 5.41) is 3.67. The monoisotopic (exact) mass is 210 g/mol. The van der Waals surface area contributed by atoms with Gasteiger partial charge in [-0.3, -0.25) is 0 Å². The van der Waals surface area contributed by atoms with Crippen molar-refractivity contribution in [3.63, 3.8) is 0 Å². The Balaban J connectivity index is 1.36. The lowest BCUT2D eigenvalue weighted by Crippen LogP contribution is -2.41. The lowest BCUT2D eigenvalue weighted by molar-refractivity contribution is 0.0971. The molecule has 3 heterocycles. The molecule has 3 saturated heterocycles. The van der Waals surface area contributed by atoms with Gasteiger partial charge in [-0.25, -0.2) is 0 Å². The van der Waals surface area contributed by atoms with Crippen LogP contribution in [0, 0.1) is 0 Å². The third-order valence-corrected chi connectivity index (χ3v) is 4.14. The maximum absolute atomic E-state index is 5.83. The Morgan fingerprint density at radius 2 is 2.07 bits per heavy atom. The molecule has 3 aliphatic heterocycles. The van der Waals surface area contributed by atoms with Gasteiger partial charge in [0, 0.05) is 19.1 Å². The summed E-state index contributed by atoms with van der Waals surface area (Å²) in [7, 11) is 0. The Morgan fingerprint density at radius 3 is 2.73 bits per heavy atom. The van der Waals surface area contributed by atoms with Gasteiger partial charge in [0.2, 0.25) is 0 Å². The molecule has 1 N–H and O–H groups in total. The fourth-order valence-electron chi connectivity index (χ4n) is 3.27. The van der Waals surface area contributed by atoms with Gasteiger partial charge in [-0.2, -0.15) is 0 Å². The number of rotatable bonds is 4. The first-order chi connectivity index (χ1) is 7.42. The van der Waals surface area contributed by atoms with Crippen LogP contribution in [0.4, 0.5) is 0 Å². The van der Waals surface area contributed by atoms with Crippen molar-refractivity contribution in [3.05, 3.63) is 0 Å². The normalized spacial score (nSPS) is 40.4. The Morgan fingerprint density at radius 1 is 1.20 bits per heavy atom. The molecule has 3 heteroatoms. The highest BCUT2D eigenvalue weighted by Gasteiger charge is 2.40. The van der Waals surface area contributed by atoms with Crippen LogP contribution in [0.25, 0.3) is 0 Å². The summed E-state index contributed by atoms with van der Waals surface area (Å²) >= 11 is 0. The van der Waals surface area contributed by atoms with Crippen LogP contribution in [0.2, 0.25) is 0 Å². The van der Waals surface area contributed by atoms with Gasteiger partial charge in [0.05, 0.1) is 12.2 Å². The molecule has 0 saturated carbocycles. The van der Waals surface area contributed by atoms with E-state index in [1.807, 2.05) is 0 Å². The van der Waals surface area contributed by atoms with Crippen molar-refractivity contribution in [2.24, 2.45) is 0 Å². The Bertz CT molecular complexity index is 216. The summed E-state index contributed by atoms with van der Waals surface area (Å²) in [5.74, 6) is 0. The zero-order valence-corrected chi connectivity index (χ0v) is 9.45. The van der Waals surface area contributed by atoms with E-state index in [4.69, 9.17) is 4.74 Å². The van der Waals surface area contributed by atoms with Gasteiger partial charge >= 0.3 is 0 Å². The van der Waals surface area contributed by atoms with E-state index >= 15 is 0 Å². The molecule has 0 aromatic rings. The Labute approximate surface area is 92.2 Å². The van der Waals surface area contributed by atoms with Gasteiger partial charge in [0.1, 0.15) is 0 Å². The fourth-order valence-corrected chi connectivity index (χ4v) is 3.27. The number of nitrogens with one attached hydrogen (secondary N) is 1. The predicted octanol–water partition coefficient (Wildman–Crippen LogP) is 0.992. The van der Waals surface area contributed by atoms with Gasteiger partial charge in [-0.1, -0.05) is 0 Å². The molecule has 0 aromatic heterocycles. The minimum Gasteiger partial charge on any atom is -0.373 e. The molecule has 0 spiro atoms. The van der Waals surface area contributed by atoms with Crippen LogP contribution in [0.3, 0.4) is 0 Å². The maximum atomic E-state index is 5.83. The fraction of sp³-hybridized carbons (Fsp3) is 1.00. The highest BCUT2D eigenvalue weighted by molar-refractivity contribution is 4.93. The molecule has 0 aliphatic carbocycles. The molecule has 0 radical (unpaired) electrons. The SMILES string of the molecule is C1CCN(CCNC2CC3CCC2O3)C1. The van der Waals surface area contributed by atoms with E-state index in [0.29, 0.717) is 18.2 Å². The van der Waals surface area contributed by atoms with Gasteiger partial charge in [-0.15, -0.1) is 0 Å². The van der Waals surface area contributed by atoms with Crippen LogP contribution in [-0.2, 0) is 4.74 Å². The van der Waals surface area contributed by atoms with Crippen molar-refractivity contribution in [3.8, 4) is 0 Å². The Hall–Kier alpha value is -0.120. The lowest BCUT2D eigenvalue weighted by atomic mass is 9.95. The minimum absolute atomic E-state index is 0.536. The lowest BCUT2D eigenvalue weighted by Gasteiger charge is -2.22. The summed E-state index contributed by atoms with van der Waals surface area (Å²) < 4.78 is 5.83. The predicted molar refractivity (Wildman–Crippen MR) is 60.0 cm³/mol. The summed E-state index contributed by atoms with van der Waals surface area (Å²) in [5.41, 5.74) is 0. The summed E-state index contributed by atoms with van der Waals surface area (Å²) in [4.78, 5) is 2.57. The first-order valence-electron chi connectivity index (χ1n) is 6.53. The molecule has 0 amide bonds. The molecule has 3 fully saturated rings. The van der Waals surface area contributed by atoms with Crippen LogP contribution >= 0.6 is 0 Å². The molecule has 3 nitrogen and oxygen atoms in total. The molecular weight excluding hydrogens is 188 g/mol. The van der Waals surface area contributed by atoms with Gasteiger partial charge < -0.3 is 15.0 Å². The summed E-state index contributed by atoms with van der Waals surface area (Å²) in [6, 6.07) is 0.659. The molecule has 3 aliphatic rings. The van der Waals surface area contributed by atoms with E-state index in [-0.39, 0.29) is 0 Å². The van der Waals surface area contributed by atoms with E-state index in [1.165, 1.54) is 51.7 Å². The second-order valence-electron chi connectivity index (χ2n) is 5.22. The largest absolute Gasteiger partial charge is 0.373 e. The smallest absolute Gasteiger partial charge is 0.0733 e. The van der Waals surface area contributed by atoms with E-state index in [2.05, 4.69) is 10.2 Å². The molecule has 15 heavy (non-hydrogen) atoms. The van der Waals surface area contributed by atoms with Gasteiger partial charge in [0.15, 0.2) is 0 Å². The van der Waals surface area contributed by atoms with Crippen molar-refractivity contribution >= 4 is 0 Å². The van der Waals surface area contributed by atoms with Crippen LogP contribution in [0.1, 0.15) is 32.1 Å². The van der Waals surface area contributed by atoms with Crippen molar-refractivity contribution in [1.29, 1.82) is 0 Å². The van der Waals surface area contributed by atoms with Crippen molar-refractivity contribution < 1.29 is 4.74 Å². The highest BCUT2D eigenvalue weighted by Crippen LogP contribution is 2.34. The van der Waals surface area contributed by atoms with Crippen LogP contribution in [0.5, 0.6) is 0 Å². The van der Waals surface area contributed by atoms with E-state index in [1.54, 1.807) is 0 Å². The third-order valence-electron chi connectivity index (χ3n) is 4.14. The average molecular weight is 210 g/mol. The minimum atomic E-state index is 0.536. The summed E-state index contributed by atoms with van der Waals surface area (Å²) in [6.45, 7) is 5.01. The van der Waals surface area contributed by atoms with E-state index < -0.39 is 0 Å². The van der Waals surface area contributed by atoms with Crippen LogP contribution in [-0.4, -0.2) is 49.3 Å². The standard InChI is InChI=1S/C12H22N2O/c1-2-7-14(6-1)8-5-13-11-9-10-3-4-12(11)15-10/h10-13H,1-9H2. The van der Waals surface area contributed by atoms with Crippen molar-refractivity contribution in [1.82, 2.24) is 10.2 Å². The first-order valence-corrected chi connectivity index (χ1v) is 6.53. The van der Waals surface area contributed by atoms with Crippen molar-refractivity contribution in [2.75, 3.05) is 26.2 Å². The molecule has 3 rings (SSSR count). The van der Waals surface area contributed by atoms with E-state index in [0.717, 1.165) is 6.54 Å². The number of likely N-dealkylation sites (tertiary alicyclic amines) is 1. The second kappa shape index (κ2) is 4.40. The topological polar surface area (TPSA) is 24.5 Å². The quantitative estimate of drug-likeness (QED) is 0.749.